The molecular formula is C18H14FN5. The average Bonchev–Trinajstić information content (AvgIpc) is 3.01. The number of rotatable bonds is 3. The summed E-state index contributed by atoms with van der Waals surface area (Å²) in [5.74, 6) is 0.387. The average molecular weight is 319 g/mol. The van der Waals surface area contributed by atoms with Crippen molar-refractivity contribution in [1.82, 2.24) is 20.2 Å². The Bertz CT molecular complexity index is 1010. The minimum Gasteiger partial charge on any atom is -0.340 e. The molecule has 118 valence electrons. The summed E-state index contributed by atoms with van der Waals surface area (Å²) in [6, 6.07) is 10.5. The van der Waals surface area contributed by atoms with Crippen LogP contribution in [0, 0.1) is 12.7 Å². The first kappa shape index (κ1) is 14.3. The first-order valence-electron chi connectivity index (χ1n) is 7.48. The van der Waals surface area contributed by atoms with Gasteiger partial charge in [-0.1, -0.05) is 12.1 Å². The lowest BCUT2D eigenvalue weighted by Gasteiger charge is -2.08. The van der Waals surface area contributed by atoms with Gasteiger partial charge in [0, 0.05) is 35.4 Å². The molecule has 24 heavy (non-hydrogen) atoms. The summed E-state index contributed by atoms with van der Waals surface area (Å²) >= 11 is 0. The smallest absolute Gasteiger partial charge is 0.183 e. The van der Waals surface area contributed by atoms with E-state index in [4.69, 9.17) is 0 Å². The summed E-state index contributed by atoms with van der Waals surface area (Å²) < 4.78 is 13.5. The fourth-order valence-electron chi connectivity index (χ4n) is 2.55. The fraction of sp³-hybridized carbons (Fsp3) is 0.0556. The van der Waals surface area contributed by atoms with E-state index in [1.165, 1.54) is 12.1 Å². The van der Waals surface area contributed by atoms with Gasteiger partial charge in [-0.15, -0.1) is 0 Å². The van der Waals surface area contributed by atoms with Crippen molar-refractivity contribution < 1.29 is 4.39 Å². The Balaban J connectivity index is 1.77. The topological polar surface area (TPSA) is 66.5 Å². The van der Waals surface area contributed by atoms with Gasteiger partial charge in [-0.2, -0.15) is 5.10 Å². The number of aromatic amines is 1. The van der Waals surface area contributed by atoms with Crippen molar-refractivity contribution in [2.75, 3.05) is 5.32 Å². The molecule has 4 rings (SSSR count). The van der Waals surface area contributed by atoms with Crippen LogP contribution in [0.4, 0.5) is 15.9 Å². The highest BCUT2D eigenvalue weighted by Crippen LogP contribution is 2.28. The third kappa shape index (κ3) is 2.58. The predicted octanol–water partition coefficient (Wildman–Crippen LogP) is 4.21. The van der Waals surface area contributed by atoms with Crippen LogP contribution in [0.5, 0.6) is 0 Å². The number of aromatic nitrogens is 4. The van der Waals surface area contributed by atoms with Crippen molar-refractivity contribution in [1.29, 1.82) is 0 Å². The number of nitrogens with zero attached hydrogens (tertiary/aromatic N) is 3. The normalized spacial score (nSPS) is 10.9. The van der Waals surface area contributed by atoms with E-state index >= 15 is 0 Å². The Kier molecular flexibility index (Phi) is 3.42. The van der Waals surface area contributed by atoms with E-state index in [-0.39, 0.29) is 5.82 Å². The van der Waals surface area contributed by atoms with E-state index in [1.54, 1.807) is 24.7 Å². The van der Waals surface area contributed by atoms with Crippen LogP contribution in [0.15, 0.2) is 55.0 Å². The summed E-state index contributed by atoms with van der Waals surface area (Å²) in [4.78, 5) is 8.51. The van der Waals surface area contributed by atoms with Gasteiger partial charge in [-0.05, 0) is 36.8 Å². The number of aryl methyl sites for hydroxylation is 1. The van der Waals surface area contributed by atoms with E-state index in [9.17, 15) is 4.39 Å². The second-order valence-electron chi connectivity index (χ2n) is 5.52. The molecule has 0 aliphatic rings. The minimum atomic E-state index is -0.291. The van der Waals surface area contributed by atoms with Gasteiger partial charge in [0.05, 0.1) is 5.39 Å². The molecule has 4 aromatic rings. The molecule has 0 amide bonds. The highest BCUT2D eigenvalue weighted by molar-refractivity contribution is 5.92. The summed E-state index contributed by atoms with van der Waals surface area (Å²) in [6.07, 6.45) is 5.27. The number of nitrogens with one attached hydrogen (secondary N) is 2. The molecule has 0 spiro atoms. The van der Waals surface area contributed by atoms with Gasteiger partial charge in [0.15, 0.2) is 5.65 Å². The third-order valence-electron chi connectivity index (χ3n) is 3.86. The zero-order valence-corrected chi connectivity index (χ0v) is 12.9. The molecule has 0 unspecified atom stereocenters. The molecule has 0 saturated carbocycles. The maximum Gasteiger partial charge on any atom is 0.183 e. The molecule has 0 bridgehead atoms. The molecule has 2 N–H and O–H groups in total. The second-order valence-corrected chi connectivity index (χ2v) is 5.52. The Morgan fingerprint density at radius 2 is 2.00 bits per heavy atom. The molecule has 0 radical (unpaired) electrons. The number of pyridine rings is 2. The summed E-state index contributed by atoms with van der Waals surface area (Å²) in [6.45, 7) is 1.92. The predicted molar refractivity (Wildman–Crippen MR) is 91.5 cm³/mol. The van der Waals surface area contributed by atoms with Gasteiger partial charge >= 0.3 is 0 Å². The van der Waals surface area contributed by atoms with E-state index in [2.05, 4.69) is 25.5 Å². The largest absolute Gasteiger partial charge is 0.340 e. The molecule has 3 heterocycles. The highest BCUT2D eigenvalue weighted by Gasteiger charge is 2.10. The SMILES string of the molecule is Cc1ccc(F)cc1Nc1[nH]nc2ncc(-c3cccnc3)cc12. The van der Waals surface area contributed by atoms with Crippen LogP contribution < -0.4 is 5.32 Å². The first-order valence-corrected chi connectivity index (χ1v) is 7.48. The fourth-order valence-corrected chi connectivity index (χ4v) is 2.55. The van der Waals surface area contributed by atoms with Crippen LogP contribution in [0.25, 0.3) is 22.2 Å². The lowest BCUT2D eigenvalue weighted by Crippen LogP contribution is -1.95. The van der Waals surface area contributed by atoms with Gasteiger partial charge in [-0.25, -0.2) is 9.37 Å². The maximum absolute atomic E-state index is 13.5. The molecule has 0 aliphatic carbocycles. The number of hydrogen-bond donors (Lipinski definition) is 2. The van der Waals surface area contributed by atoms with Crippen molar-refractivity contribution in [2.45, 2.75) is 6.92 Å². The highest BCUT2D eigenvalue weighted by atomic mass is 19.1. The molecule has 0 atom stereocenters. The Morgan fingerprint density at radius 1 is 1.08 bits per heavy atom. The van der Waals surface area contributed by atoms with Crippen molar-refractivity contribution in [3.05, 3.63) is 66.4 Å². The number of anilines is 2. The monoisotopic (exact) mass is 319 g/mol. The molecule has 3 aromatic heterocycles. The van der Waals surface area contributed by atoms with E-state index in [0.29, 0.717) is 17.2 Å². The second kappa shape index (κ2) is 5.73. The van der Waals surface area contributed by atoms with Gasteiger partial charge < -0.3 is 5.32 Å². The van der Waals surface area contributed by atoms with Crippen LogP contribution in [0.3, 0.4) is 0 Å². The van der Waals surface area contributed by atoms with Gasteiger partial charge in [0.2, 0.25) is 0 Å². The molecule has 1 aromatic carbocycles. The maximum atomic E-state index is 13.5. The van der Waals surface area contributed by atoms with Crippen LogP contribution in [0.1, 0.15) is 5.56 Å². The van der Waals surface area contributed by atoms with Crippen LogP contribution >= 0.6 is 0 Å². The Morgan fingerprint density at radius 3 is 2.83 bits per heavy atom. The minimum absolute atomic E-state index is 0.291. The van der Waals surface area contributed by atoms with E-state index in [0.717, 1.165) is 22.1 Å². The standard InChI is InChI=1S/C18H14FN5/c1-11-4-5-14(19)8-16(11)22-18-15-7-13(10-21-17(15)23-24-18)12-3-2-6-20-9-12/h2-10H,1H3,(H2,21,22,23,24). The van der Waals surface area contributed by atoms with Gasteiger partial charge in [0.25, 0.3) is 0 Å². The molecular weight excluding hydrogens is 305 g/mol. The summed E-state index contributed by atoms with van der Waals surface area (Å²) in [7, 11) is 0. The zero-order chi connectivity index (χ0) is 16.5. The van der Waals surface area contributed by atoms with Crippen molar-refractivity contribution in [2.24, 2.45) is 0 Å². The van der Waals surface area contributed by atoms with Crippen LogP contribution in [-0.2, 0) is 0 Å². The number of halogens is 1. The van der Waals surface area contributed by atoms with E-state index in [1.807, 2.05) is 25.1 Å². The van der Waals surface area contributed by atoms with E-state index < -0.39 is 0 Å². The molecule has 0 fully saturated rings. The third-order valence-corrected chi connectivity index (χ3v) is 3.86. The first-order chi connectivity index (χ1) is 11.7. The summed E-state index contributed by atoms with van der Waals surface area (Å²) in [5, 5.41) is 11.2. The number of fused-ring (bicyclic) bond motifs is 1. The zero-order valence-electron chi connectivity index (χ0n) is 12.9. The number of H-pyrrole nitrogens is 1. The number of benzene rings is 1. The lowest BCUT2D eigenvalue weighted by molar-refractivity contribution is 0.628. The molecule has 5 nitrogen and oxygen atoms in total. The lowest BCUT2D eigenvalue weighted by atomic mass is 10.1. The quantitative estimate of drug-likeness (QED) is 0.593. The molecule has 6 heteroatoms. The Labute approximate surface area is 137 Å². The number of hydrogen-bond acceptors (Lipinski definition) is 4. The van der Waals surface area contributed by atoms with Crippen LogP contribution in [-0.4, -0.2) is 20.2 Å². The van der Waals surface area contributed by atoms with Gasteiger partial charge in [-0.3, -0.25) is 10.1 Å². The van der Waals surface area contributed by atoms with Crippen LogP contribution in [0.2, 0.25) is 0 Å². The van der Waals surface area contributed by atoms with Crippen molar-refractivity contribution in [3.8, 4) is 11.1 Å². The Hall–Kier alpha value is -3.28. The molecule has 0 aliphatic heterocycles. The van der Waals surface area contributed by atoms with Crippen molar-refractivity contribution in [3.63, 3.8) is 0 Å². The van der Waals surface area contributed by atoms with Gasteiger partial charge in [0.1, 0.15) is 11.6 Å². The molecule has 0 saturated heterocycles. The van der Waals surface area contributed by atoms with Crippen molar-refractivity contribution >= 4 is 22.5 Å². The summed E-state index contributed by atoms with van der Waals surface area (Å²) in [5.41, 5.74) is 4.14.